The summed E-state index contributed by atoms with van der Waals surface area (Å²) in [6.07, 6.45) is 7.73. The van der Waals surface area contributed by atoms with Gasteiger partial charge in [-0.2, -0.15) is 0 Å². The molecule has 0 unspecified atom stereocenters. The van der Waals surface area contributed by atoms with E-state index < -0.39 is 0 Å². The predicted octanol–water partition coefficient (Wildman–Crippen LogP) is 14.3. The molecule has 9 rings (SSSR count). The lowest BCUT2D eigenvalue weighted by atomic mass is 9.82. The van der Waals surface area contributed by atoms with Gasteiger partial charge in [0.15, 0.2) is 0 Å². The molecule has 0 bridgehead atoms. The molecule has 0 N–H and O–H groups in total. The van der Waals surface area contributed by atoms with E-state index in [1.54, 1.807) is 0 Å². The SMILES string of the molecule is CC/C1=C\C=C/CN(c2ccc(-c3ccccc3)cc2)c2cccc(N(c3ccc(-c4ccccc4)cc3)c3ccc4c(c3)C(C)(C)c3ccccc3-4)c21. The predicted molar refractivity (Wildman–Crippen MR) is 230 cm³/mol. The second kappa shape index (κ2) is 13.9. The fourth-order valence-corrected chi connectivity index (χ4v) is 8.50. The van der Waals surface area contributed by atoms with Crippen LogP contribution in [-0.2, 0) is 5.41 Å². The van der Waals surface area contributed by atoms with Gasteiger partial charge in [0.25, 0.3) is 0 Å². The third kappa shape index (κ3) is 5.85. The Morgan fingerprint density at radius 1 is 0.556 bits per heavy atom. The Morgan fingerprint density at radius 3 is 1.83 bits per heavy atom. The Labute approximate surface area is 320 Å². The first-order valence-corrected chi connectivity index (χ1v) is 19.1. The van der Waals surface area contributed by atoms with Gasteiger partial charge in [0.05, 0.1) is 11.4 Å². The van der Waals surface area contributed by atoms with E-state index in [9.17, 15) is 0 Å². The summed E-state index contributed by atoms with van der Waals surface area (Å²) >= 11 is 0. The van der Waals surface area contributed by atoms with Crippen molar-refractivity contribution in [3.05, 3.63) is 205 Å². The van der Waals surface area contributed by atoms with Crippen LogP contribution in [0.3, 0.4) is 0 Å². The molecule has 0 saturated carbocycles. The highest BCUT2D eigenvalue weighted by Gasteiger charge is 2.36. The van der Waals surface area contributed by atoms with E-state index in [4.69, 9.17) is 0 Å². The summed E-state index contributed by atoms with van der Waals surface area (Å²) < 4.78 is 0. The lowest BCUT2D eigenvalue weighted by Gasteiger charge is -2.34. The van der Waals surface area contributed by atoms with Gasteiger partial charge in [-0.15, -0.1) is 0 Å². The van der Waals surface area contributed by atoms with Gasteiger partial charge in [-0.1, -0.05) is 160 Å². The quantitative estimate of drug-likeness (QED) is 0.164. The highest BCUT2D eigenvalue weighted by atomic mass is 15.2. The zero-order valence-corrected chi connectivity index (χ0v) is 31.2. The third-order valence-corrected chi connectivity index (χ3v) is 11.3. The molecule has 1 aliphatic heterocycles. The van der Waals surface area contributed by atoms with Crippen molar-refractivity contribution in [3.63, 3.8) is 0 Å². The lowest BCUT2D eigenvalue weighted by Crippen LogP contribution is -2.21. The van der Waals surface area contributed by atoms with Gasteiger partial charge in [0.2, 0.25) is 0 Å². The number of nitrogens with zero attached hydrogens (tertiary/aromatic N) is 2. The van der Waals surface area contributed by atoms with Crippen LogP contribution in [0.25, 0.3) is 39.0 Å². The maximum Gasteiger partial charge on any atom is 0.0557 e. The molecule has 2 heteroatoms. The summed E-state index contributed by atoms with van der Waals surface area (Å²) in [4.78, 5) is 4.95. The first-order valence-electron chi connectivity index (χ1n) is 19.1. The average molecular weight is 697 g/mol. The van der Waals surface area contributed by atoms with Crippen LogP contribution in [0, 0.1) is 0 Å². The van der Waals surface area contributed by atoms with Crippen molar-refractivity contribution in [2.45, 2.75) is 32.6 Å². The van der Waals surface area contributed by atoms with Crippen molar-refractivity contribution in [3.8, 4) is 33.4 Å². The summed E-state index contributed by atoms with van der Waals surface area (Å²) in [6, 6.07) is 62.2. The van der Waals surface area contributed by atoms with E-state index in [1.165, 1.54) is 72.7 Å². The molecule has 0 fully saturated rings. The van der Waals surface area contributed by atoms with E-state index in [0.717, 1.165) is 24.3 Å². The topological polar surface area (TPSA) is 6.48 Å². The Balaban J connectivity index is 1.23. The number of benzene rings is 7. The molecule has 0 saturated heterocycles. The van der Waals surface area contributed by atoms with Gasteiger partial charge in [0.1, 0.15) is 0 Å². The van der Waals surface area contributed by atoms with Crippen LogP contribution in [0.5, 0.6) is 0 Å². The smallest absolute Gasteiger partial charge is 0.0557 e. The summed E-state index contributed by atoms with van der Waals surface area (Å²) in [5.74, 6) is 0. The molecule has 262 valence electrons. The molecule has 7 aromatic carbocycles. The van der Waals surface area contributed by atoms with Gasteiger partial charge < -0.3 is 9.80 Å². The van der Waals surface area contributed by atoms with E-state index in [0.29, 0.717) is 0 Å². The standard InChI is InChI=1S/C52H44N2/c1-4-37-16-13-14-35-53(42-29-25-40(26-30-42)38-17-7-5-8-18-38)49-23-15-24-50(51(37)49)54(43-31-27-41(28-32-43)39-19-9-6-10-20-39)44-33-34-46-45-21-11-12-22-47(45)52(2,3)48(46)36-44/h5-34,36H,4,35H2,1-3H3/b14-13-,37-16+. The summed E-state index contributed by atoms with van der Waals surface area (Å²) in [6.45, 7) is 7.77. The first-order chi connectivity index (χ1) is 26.5. The molecule has 2 aliphatic rings. The van der Waals surface area contributed by atoms with Crippen LogP contribution in [0.2, 0.25) is 0 Å². The number of allylic oxidation sites excluding steroid dienone is 3. The van der Waals surface area contributed by atoms with E-state index >= 15 is 0 Å². The molecule has 7 aromatic rings. The minimum atomic E-state index is -0.113. The number of hydrogen-bond acceptors (Lipinski definition) is 2. The van der Waals surface area contributed by atoms with Crippen molar-refractivity contribution < 1.29 is 0 Å². The summed E-state index contributed by atoms with van der Waals surface area (Å²) in [5, 5.41) is 0. The van der Waals surface area contributed by atoms with Crippen LogP contribution in [0.1, 0.15) is 43.9 Å². The molecule has 0 aromatic heterocycles. The molecular weight excluding hydrogens is 653 g/mol. The Kier molecular flexibility index (Phi) is 8.60. The number of hydrogen-bond donors (Lipinski definition) is 0. The van der Waals surface area contributed by atoms with E-state index in [1.807, 2.05) is 0 Å². The fraction of sp³-hybridized carbons (Fsp3) is 0.115. The zero-order valence-electron chi connectivity index (χ0n) is 31.2. The highest BCUT2D eigenvalue weighted by molar-refractivity contribution is 5.95. The van der Waals surface area contributed by atoms with Crippen LogP contribution < -0.4 is 9.80 Å². The lowest BCUT2D eigenvalue weighted by molar-refractivity contribution is 0.660. The maximum atomic E-state index is 2.48. The molecule has 1 heterocycles. The Morgan fingerprint density at radius 2 is 1.15 bits per heavy atom. The largest absolute Gasteiger partial charge is 0.337 e. The second-order valence-electron chi connectivity index (χ2n) is 14.8. The van der Waals surface area contributed by atoms with Gasteiger partial charge in [-0.25, -0.2) is 0 Å². The molecule has 0 radical (unpaired) electrons. The minimum Gasteiger partial charge on any atom is -0.337 e. The van der Waals surface area contributed by atoms with Crippen LogP contribution in [-0.4, -0.2) is 6.54 Å². The molecule has 2 nitrogen and oxygen atoms in total. The van der Waals surface area contributed by atoms with Crippen molar-refractivity contribution in [1.29, 1.82) is 0 Å². The van der Waals surface area contributed by atoms with Crippen LogP contribution >= 0.6 is 0 Å². The van der Waals surface area contributed by atoms with E-state index in [-0.39, 0.29) is 5.41 Å². The van der Waals surface area contributed by atoms with Gasteiger partial charge >= 0.3 is 0 Å². The monoisotopic (exact) mass is 696 g/mol. The van der Waals surface area contributed by atoms with Crippen molar-refractivity contribution in [2.75, 3.05) is 16.3 Å². The van der Waals surface area contributed by atoms with Crippen molar-refractivity contribution in [1.82, 2.24) is 0 Å². The van der Waals surface area contributed by atoms with Gasteiger partial charge in [-0.05, 0) is 105 Å². The molecule has 54 heavy (non-hydrogen) atoms. The van der Waals surface area contributed by atoms with Crippen LogP contribution in [0.4, 0.5) is 28.4 Å². The van der Waals surface area contributed by atoms with Crippen molar-refractivity contribution >= 4 is 34.0 Å². The number of fused-ring (bicyclic) bond motifs is 4. The molecule has 0 atom stereocenters. The average Bonchev–Trinajstić information content (AvgIpc) is 3.45. The Bertz CT molecular complexity index is 2510. The first kappa shape index (κ1) is 33.5. The zero-order chi connectivity index (χ0) is 36.6. The Hall–Kier alpha value is -6.38. The van der Waals surface area contributed by atoms with Gasteiger partial charge in [0, 0.05) is 34.6 Å². The molecular formula is C52H44N2. The van der Waals surface area contributed by atoms with Crippen molar-refractivity contribution in [2.24, 2.45) is 0 Å². The normalized spacial score (nSPS) is 15.5. The maximum absolute atomic E-state index is 2.48. The molecule has 1 aliphatic carbocycles. The third-order valence-electron chi connectivity index (χ3n) is 11.3. The van der Waals surface area contributed by atoms with Gasteiger partial charge in [-0.3, -0.25) is 0 Å². The van der Waals surface area contributed by atoms with E-state index in [2.05, 4.69) is 219 Å². The molecule has 0 amide bonds. The number of rotatable bonds is 7. The second-order valence-corrected chi connectivity index (χ2v) is 14.8. The fourth-order valence-electron chi connectivity index (χ4n) is 8.50. The highest BCUT2D eigenvalue weighted by Crippen LogP contribution is 2.52. The van der Waals surface area contributed by atoms with Crippen LogP contribution in [0.15, 0.2) is 188 Å². The molecule has 0 spiro atoms. The summed E-state index contributed by atoms with van der Waals surface area (Å²) in [7, 11) is 0. The number of anilines is 5. The minimum absolute atomic E-state index is 0.113. The summed E-state index contributed by atoms with van der Waals surface area (Å²) in [5.41, 5.74) is 18.6.